The Morgan fingerprint density at radius 2 is 2.05 bits per heavy atom. The molecule has 1 aromatic rings. The molecule has 21 heavy (non-hydrogen) atoms. The number of hydrogen-bond acceptors (Lipinski definition) is 5. The number of rotatable bonds is 6. The van der Waals surface area contributed by atoms with Crippen LogP contribution in [0.25, 0.3) is 0 Å². The van der Waals surface area contributed by atoms with E-state index in [4.69, 9.17) is 10.7 Å². The van der Waals surface area contributed by atoms with Crippen molar-refractivity contribution in [3.63, 3.8) is 0 Å². The van der Waals surface area contributed by atoms with E-state index in [-0.39, 0.29) is 5.91 Å². The lowest BCUT2D eigenvalue weighted by atomic mass is 9.78. The molecule has 0 saturated heterocycles. The first-order chi connectivity index (χ1) is 10.1. The van der Waals surface area contributed by atoms with Crippen LogP contribution < -0.4 is 16.4 Å². The van der Waals surface area contributed by atoms with Gasteiger partial charge in [-0.3, -0.25) is 4.79 Å². The van der Waals surface area contributed by atoms with Crippen LogP contribution in [-0.4, -0.2) is 35.0 Å². The quantitative estimate of drug-likeness (QED) is 0.682. The van der Waals surface area contributed by atoms with E-state index < -0.39 is 0 Å². The van der Waals surface area contributed by atoms with Gasteiger partial charge in [0, 0.05) is 49.7 Å². The lowest BCUT2D eigenvalue weighted by molar-refractivity contribution is -0.118. The molecule has 6 heteroatoms. The maximum atomic E-state index is 10.9. The average Bonchev–Trinajstić information content (AvgIpc) is 3.24. The number of carbonyl (C=O) groups excluding carboxylic acids is 1. The van der Waals surface area contributed by atoms with Gasteiger partial charge in [0.05, 0.1) is 0 Å². The zero-order chi connectivity index (χ0) is 14.8. The van der Waals surface area contributed by atoms with E-state index in [1.165, 1.54) is 19.8 Å². The van der Waals surface area contributed by atoms with E-state index in [0.717, 1.165) is 30.2 Å². The lowest BCUT2D eigenvalue weighted by Crippen LogP contribution is -2.35. The first kappa shape index (κ1) is 14.3. The van der Waals surface area contributed by atoms with E-state index in [1.807, 2.05) is 6.07 Å². The van der Waals surface area contributed by atoms with Gasteiger partial charge in [-0.15, -0.1) is 0 Å². The Morgan fingerprint density at radius 1 is 1.29 bits per heavy atom. The van der Waals surface area contributed by atoms with Crippen LogP contribution in [0.15, 0.2) is 6.07 Å². The SMILES string of the molecule is CC(=O)NCCNc1cc(C2CC(N)C2)nc(C2CC2)n1. The first-order valence-electron chi connectivity index (χ1n) is 7.74. The highest BCUT2D eigenvalue weighted by Gasteiger charge is 2.32. The third-order valence-corrected chi connectivity index (χ3v) is 4.10. The highest BCUT2D eigenvalue weighted by molar-refractivity contribution is 5.72. The van der Waals surface area contributed by atoms with Crippen molar-refractivity contribution in [2.24, 2.45) is 5.73 Å². The highest BCUT2D eigenvalue weighted by atomic mass is 16.1. The van der Waals surface area contributed by atoms with Crippen LogP contribution in [0.2, 0.25) is 0 Å². The number of carbonyl (C=O) groups is 1. The molecule has 1 aromatic heterocycles. The number of hydrogen-bond donors (Lipinski definition) is 3. The van der Waals surface area contributed by atoms with Crippen molar-refractivity contribution in [3.8, 4) is 0 Å². The molecule has 0 aliphatic heterocycles. The van der Waals surface area contributed by atoms with Gasteiger partial charge in [0.2, 0.25) is 5.91 Å². The minimum absolute atomic E-state index is 0.0118. The summed E-state index contributed by atoms with van der Waals surface area (Å²) in [6.45, 7) is 2.79. The van der Waals surface area contributed by atoms with Crippen molar-refractivity contribution < 1.29 is 4.79 Å². The molecule has 6 nitrogen and oxygen atoms in total. The van der Waals surface area contributed by atoms with Crippen LogP contribution >= 0.6 is 0 Å². The number of nitrogens with two attached hydrogens (primary N) is 1. The topological polar surface area (TPSA) is 92.9 Å². The van der Waals surface area contributed by atoms with E-state index in [2.05, 4.69) is 15.6 Å². The zero-order valence-corrected chi connectivity index (χ0v) is 12.4. The van der Waals surface area contributed by atoms with Crippen molar-refractivity contribution in [1.29, 1.82) is 0 Å². The lowest BCUT2D eigenvalue weighted by Gasteiger charge is -2.32. The minimum Gasteiger partial charge on any atom is -0.368 e. The van der Waals surface area contributed by atoms with Crippen LogP contribution in [0.5, 0.6) is 0 Å². The van der Waals surface area contributed by atoms with Gasteiger partial charge in [0.1, 0.15) is 11.6 Å². The van der Waals surface area contributed by atoms with Crippen LogP contribution in [-0.2, 0) is 4.79 Å². The van der Waals surface area contributed by atoms with Crippen LogP contribution in [0.4, 0.5) is 5.82 Å². The predicted molar refractivity (Wildman–Crippen MR) is 81.1 cm³/mol. The summed E-state index contributed by atoms with van der Waals surface area (Å²) in [4.78, 5) is 20.2. The monoisotopic (exact) mass is 289 g/mol. The molecule has 2 fully saturated rings. The summed E-state index contributed by atoms with van der Waals surface area (Å²) < 4.78 is 0. The molecule has 0 atom stereocenters. The van der Waals surface area contributed by atoms with Gasteiger partial charge >= 0.3 is 0 Å². The Balaban J connectivity index is 1.65. The Bertz CT molecular complexity index is 523. The van der Waals surface area contributed by atoms with Gasteiger partial charge in [0.15, 0.2) is 0 Å². The fourth-order valence-corrected chi connectivity index (χ4v) is 2.64. The summed E-state index contributed by atoms with van der Waals surface area (Å²) in [7, 11) is 0. The van der Waals surface area contributed by atoms with E-state index in [1.54, 1.807) is 0 Å². The smallest absolute Gasteiger partial charge is 0.216 e. The Labute approximate surface area is 124 Å². The van der Waals surface area contributed by atoms with Crippen molar-refractivity contribution in [3.05, 3.63) is 17.6 Å². The van der Waals surface area contributed by atoms with Crippen molar-refractivity contribution >= 4 is 11.7 Å². The van der Waals surface area contributed by atoms with Gasteiger partial charge in [-0.05, 0) is 25.7 Å². The van der Waals surface area contributed by atoms with Gasteiger partial charge in [-0.2, -0.15) is 0 Å². The van der Waals surface area contributed by atoms with Crippen molar-refractivity contribution in [2.75, 3.05) is 18.4 Å². The molecule has 1 amide bonds. The number of anilines is 1. The van der Waals surface area contributed by atoms with E-state index in [9.17, 15) is 4.79 Å². The largest absolute Gasteiger partial charge is 0.368 e. The van der Waals surface area contributed by atoms with Gasteiger partial charge < -0.3 is 16.4 Å². The molecule has 2 saturated carbocycles. The predicted octanol–water partition coefficient (Wildman–Crippen LogP) is 1.11. The molecular formula is C15H23N5O. The second-order valence-electron chi connectivity index (χ2n) is 6.15. The summed E-state index contributed by atoms with van der Waals surface area (Å²) in [5.41, 5.74) is 7.00. The molecule has 0 radical (unpaired) electrons. The number of nitrogens with one attached hydrogen (secondary N) is 2. The van der Waals surface area contributed by atoms with Crippen LogP contribution in [0.3, 0.4) is 0 Å². The van der Waals surface area contributed by atoms with Gasteiger partial charge in [-0.1, -0.05) is 0 Å². The summed E-state index contributed by atoms with van der Waals surface area (Å²) in [5, 5.41) is 6.05. The normalized spacial score (nSPS) is 24.3. The van der Waals surface area contributed by atoms with Crippen LogP contribution in [0, 0.1) is 0 Å². The molecule has 1 heterocycles. The molecule has 0 unspecified atom stereocenters. The third-order valence-electron chi connectivity index (χ3n) is 4.10. The summed E-state index contributed by atoms with van der Waals surface area (Å²) in [6, 6.07) is 2.36. The Morgan fingerprint density at radius 3 is 2.67 bits per heavy atom. The minimum atomic E-state index is -0.0118. The molecule has 0 spiro atoms. The molecule has 3 rings (SSSR count). The highest BCUT2D eigenvalue weighted by Crippen LogP contribution is 2.41. The molecule has 2 aliphatic carbocycles. The standard InChI is InChI=1S/C15H23N5O/c1-9(21)17-4-5-18-14-8-13(11-6-12(16)7-11)19-15(20-14)10-2-3-10/h8,10-12H,2-7,16H2,1H3,(H,17,21)(H,18,19,20). The molecule has 2 aliphatic rings. The second-order valence-corrected chi connectivity index (χ2v) is 6.15. The zero-order valence-electron chi connectivity index (χ0n) is 12.4. The molecule has 0 aromatic carbocycles. The summed E-state index contributed by atoms with van der Waals surface area (Å²) in [5.74, 6) is 2.84. The maximum absolute atomic E-state index is 10.9. The van der Waals surface area contributed by atoms with E-state index >= 15 is 0 Å². The van der Waals surface area contributed by atoms with Gasteiger partial charge in [0.25, 0.3) is 0 Å². The average molecular weight is 289 g/mol. The number of nitrogens with zero attached hydrogens (tertiary/aromatic N) is 2. The second kappa shape index (κ2) is 5.97. The summed E-state index contributed by atoms with van der Waals surface area (Å²) >= 11 is 0. The summed E-state index contributed by atoms with van der Waals surface area (Å²) in [6.07, 6.45) is 4.43. The van der Waals surface area contributed by atoms with E-state index in [0.29, 0.717) is 31.0 Å². The number of aromatic nitrogens is 2. The fourth-order valence-electron chi connectivity index (χ4n) is 2.64. The molecule has 0 bridgehead atoms. The molecule has 114 valence electrons. The van der Waals surface area contributed by atoms with Crippen molar-refractivity contribution in [2.45, 2.75) is 50.5 Å². The molecular weight excluding hydrogens is 266 g/mol. The van der Waals surface area contributed by atoms with Crippen LogP contribution in [0.1, 0.15) is 56.0 Å². The van der Waals surface area contributed by atoms with Gasteiger partial charge in [-0.25, -0.2) is 9.97 Å². The molecule has 4 N–H and O–H groups in total. The third kappa shape index (κ3) is 3.69. The first-order valence-corrected chi connectivity index (χ1v) is 7.74. The number of amides is 1. The Hall–Kier alpha value is -1.69. The fraction of sp³-hybridized carbons (Fsp3) is 0.667. The maximum Gasteiger partial charge on any atom is 0.216 e. The van der Waals surface area contributed by atoms with Crippen molar-refractivity contribution in [1.82, 2.24) is 15.3 Å². The Kier molecular flexibility index (Phi) is 4.05.